The number of ether oxygens (including phenoxy) is 2. The van der Waals surface area contributed by atoms with Gasteiger partial charge in [0.15, 0.2) is 0 Å². The van der Waals surface area contributed by atoms with Crippen molar-refractivity contribution >= 4 is 6.03 Å². The summed E-state index contributed by atoms with van der Waals surface area (Å²) in [4.78, 5) is 13.6. The molecule has 0 aliphatic heterocycles. The van der Waals surface area contributed by atoms with Crippen LogP contribution in [0.25, 0.3) is 0 Å². The fourth-order valence-electron chi connectivity index (χ4n) is 2.21. The lowest BCUT2D eigenvalue weighted by Crippen LogP contribution is -2.37. The summed E-state index contributed by atoms with van der Waals surface area (Å²) in [5.74, 6) is 2.25. The first kappa shape index (κ1) is 16.7. The summed E-state index contributed by atoms with van der Waals surface area (Å²) in [7, 11) is 4.96. The first-order valence-electron chi connectivity index (χ1n) is 7.36. The zero-order chi connectivity index (χ0) is 16.7. The van der Waals surface area contributed by atoms with Crippen LogP contribution in [-0.4, -0.2) is 38.7 Å². The summed E-state index contributed by atoms with van der Waals surface area (Å²) in [6.45, 7) is 0.953. The highest BCUT2D eigenvalue weighted by Gasteiger charge is 2.11. The van der Waals surface area contributed by atoms with E-state index in [9.17, 15) is 4.79 Å². The number of benzene rings is 1. The number of hydrogen-bond acceptors (Lipinski definition) is 4. The lowest BCUT2D eigenvalue weighted by molar-refractivity contribution is 0.203. The van der Waals surface area contributed by atoms with Crippen molar-refractivity contribution < 1.29 is 18.7 Å². The predicted molar refractivity (Wildman–Crippen MR) is 86.8 cm³/mol. The Hall–Kier alpha value is -2.63. The number of urea groups is 1. The molecule has 1 aromatic carbocycles. The normalized spacial score (nSPS) is 10.2. The zero-order valence-electron chi connectivity index (χ0n) is 13.7. The van der Waals surface area contributed by atoms with Gasteiger partial charge in [-0.1, -0.05) is 6.07 Å². The van der Waals surface area contributed by atoms with Crippen LogP contribution >= 0.6 is 0 Å². The van der Waals surface area contributed by atoms with E-state index < -0.39 is 0 Å². The maximum atomic E-state index is 12.0. The van der Waals surface area contributed by atoms with Crippen molar-refractivity contribution in [3.05, 3.63) is 47.9 Å². The monoisotopic (exact) mass is 318 g/mol. The number of carbonyl (C=O) groups is 1. The van der Waals surface area contributed by atoms with Crippen LogP contribution in [0.5, 0.6) is 11.5 Å². The summed E-state index contributed by atoms with van der Waals surface area (Å²) in [6.07, 6.45) is 2.27. The molecule has 1 aromatic heterocycles. The number of nitrogens with one attached hydrogen (secondary N) is 1. The number of nitrogens with zero attached hydrogens (tertiary/aromatic N) is 1. The Morgan fingerprint density at radius 3 is 2.74 bits per heavy atom. The average Bonchev–Trinajstić information content (AvgIpc) is 3.07. The van der Waals surface area contributed by atoms with Crippen LogP contribution in [-0.2, 0) is 13.0 Å². The van der Waals surface area contributed by atoms with Crippen LogP contribution in [0.15, 0.2) is 41.0 Å². The first-order chi connectivity index (χ1) is 11.1. The third-order valence-electron chi connectivity index (χ3n) is 3.48. The largest absolute Gasteiger partial charge is 0.497 e. The summed E-state index contributed by atoms with van der Waals surface area (Å²) in [5.41, 5.74) is 1.02. The molecule has 23 heavy (non-hydrogen) atoms. The van der Waals surface area contributed by atoms with E-state index in [4.69, 9.17) is 13.9 Å². The quantitative estimate of drug-likeness (QED) is 0.852. The van der Waals surface area contributed by atoms with Crippen LogP contribution in [0.4, 0.5) is 4.79 Å². The lowest BCUT2D eigenvalue weighted by Gasteiger charge is -2.17. The number of carbonyl (C=O) groups excluding carboxylic acids is 1. The molecule has 124 valence electrons. The molecule has 2 amide bonds. The molecule has 0 aliphatic carbocycles. The van der Waals surface area contributed by atoms with Crippen molar-refractivity contribution in [3.8, 4) is 11.5 Å². The van der Waals surface area contributed by atoms with Gasteiger partial charge in [-0.3, -0.25) is 0 Å². The minimum Gasteiger partial charge on any atom is -0.497 e. The Kier molecular flexibility index (Phi) is 5.91. The molecule has 1 heterocycles. The maximum Gasteiger partial charge on any atom is 0.317 e. The van der Waals surface area contributed by atoms with E-state index in [1.54, 1.807) is 38.5 Å². The molecule has 2 aromatic rings. The predicted octanol–water partition coefficient (Wildman–Crippen LogP) is 2.68. The number of furan rings is 1. The molecule has 0 bridgehead atoms. The summed E-state index contributed by atoms with van der Waals surface area (Å²) >= 11 is 0. The molecule has 0 aliphatic rings. The van der Waals surface area contributed by atoms with Gasteiger partial charge in [-0.25, -0.2) is 4.79 Å². The van der Waals surface area contributed by atoms with Crippen molar-refractivity contribution in [2.24, 2.45) is 0 Å². The molecule has 0 spiro atoms. The molecule has 1 N–H and O–H groups in total. The summed E-state index contributed by atoms with van der Waals surface area (Å²) in [5, 5.41) is 2.88. The highest BCUT2D eigenvalue weighted by atomic mass is 16.5. The molecule has 0 fully saturated rings. The molecule has 0 radical (unpaired) electrons. The van der Waals surface area contributed by atoms with Crippen molar-refractivity contribution in [2.75, 3.05) is 27.8 Å². The third kappa shape index (κ3) is 4.67. The van der Waals surface area contributed by atoms with Crippen LogP contribution < -0.4 is 14.8 Å². The number of amides is 2. The molecule has 0 saturated carbocycles. The SMILES string of the molecule is COc1ccc(CCNC(=O)N(C)Cc2ccco2)c(OC)c1. The van der Waals surface area contributed by atoms with E-state index in [1.165, 1.54) is 0 Å². The summed E-state index contributed by atoms with van der Waals surface area (Å²) < 4.78 is 15.7. The number of hydrogen-bond donors (Lipinski definition) is 1. The minimum absolute atomic E-state index is 0.145. The van der Waals surface area contributed by atoms with Gasteiger partial charge < -0.3 is 24.1 Å². The first-order valence-corrected chi connectivity index (χ1v) is 7.36. The zero-order valence-corrected chi connectivity index (χ0v) is 13.7. The lowest BCUT2D eigenvalue weighted by atomic mass is 10.1. The highest BCUT2D eigenvalue weighted by Crippen LogP contribution is 2.24. The fraction of sp³-hybridized carbons (Fsp3) is 0.353. The molecule has 6 nitrogen and oxygen atoms in total. The van der Waals surface area contributed by atoms with Crippen LogP contribution in [0.1, 0.15) is 11.3 Å². The highest BCUT2D eigenvalue weighted by molar-refractivity contribution is 5.73. The Morgan fingerprint density at radius 1 is 1.26 bits per heavy atom. The van der Waals surface area contributed by atoms with E-state index in [0.717, 1.165) is 22.8 Å². The molecule has 2 rings (SSSR count). The number of rotatable bonds is 7. The smallest absolute Gasteiger partial charge is 0.317 e. The van der Waals surface area contributed by atoms with Crippen molar-refractivity contribution in [2.45, 2.75) is 13.0 Å². The Labute approximate surface area is 136 Å². The molecule has 0 atom stereocenters. The topological polar surface area (TPSA) is 63.9 Å². The molecule has 6 heteroatoms. The van der Waals surface area contributed by atoms with Crippen molar-refractivity contribution in [3.63, 3.8) is 0 Å². The van der Waals surface area contributed by atoms with E-state index in [0.29, 0.717) is 19.5 Å². The van der Waals surface area contributed by atoms with Gasteiger partial charge in [-0.2, -0.15) is 0 Å². The van der Waals surface area contributed by atoms with Crippen molar-refractivity contribution in [1.82, 2.24) is 10.2 Å². The van der Waals surface area contributed by atoms with Gasteiger partial charge in [0.2, 0.25) is 0 Å². The van der Waals surface area contributed by atoms with E-state index in [1.807, 2.05) is 24.3 Å². The Balaban J connectivity index is 1.83. The number of methoxy groups -OCH3 is 2. The van der Waals surface area contributed by atoms with Crippen LogP contribution in [0, 0.1) is 0 Å². The fourth-order valence-corrected chi connectivity index (χ4v) is 2.21. The molecule has 0 unspecified atom stereocenters. The van der Waals surface area contributed by atoms with E-state index >= 15 is 0 Å². The van der Waals surface area contributed by atoms with Gasteiger partial charge in [0, 0.05) is 19.7 Å². The second kappa shape index (κ2) is 8.12. The van der Waals surface area contributed by atoms with Crippen LogP contribution in [0.3, 0.4) is 0 Å². The molecular formula is C17H22N2O4. The third-order valence-corrected chi connectivity index (χ3v) is 3.48. The maximum absolute atomic E-state index is 12.0. The van der Waals surface area contributed by atoms with Gasteiger partial charge in [0.1, 0.15) is 17.3 Å². The second-order valence-corrected chi connectivity index (χ2v) is 5.10. The second-order valence-electron chi connectivity index (χ2n) is 5.10. The standard InChI is InChI=1S/C17H22N2O4/c1-19(12-15-5-4-10-23-15)17(20)18-9-8-13-6-7-14(21-2)11-16(13)22-3/h4-7,10-11H,8-9,12H2,1-3H3,(H,18,20). The van der Waals surface area contributed by atoms with E-state index in [2.05, 4.69) is 5.32 Å². The van der Waals surface area contributed by atoms with Gasteiger partial charge in [0.05, 0.1) is 27.0 Å². The average molecular weight is 318 g/mol. The van der Waals surface area contributed by atoms with Gasteiger partial charge in [0.25, 0.3) is 0 Å². The Bertz CT molecular complexity index is 626. The minimum atomic E-state index is -0.145. The van der Waals surface area contributed by atoms with Gasteiger partial charge in [-0.15, -0.1) is 0 Å². The van der Waals surface area contributed by atoms with E-state index in [-0.39, 0.29) is 6.03 Å². The summed E-state index contributed by atoms with van der Waals surface area (Å²) in [6, 6.07) is 9.15. The molecule has 0 saturated heterocycles. The van der Waals surface area contributed by atoms with Crippen LogP contribution in [0.2, 0.25) is 0 Å². The van der Waals surface area contributed by atoms with Gasteiger partial charge >= 0.3 is 6.03 Å². The van der Waals surface area contributed by atoms with Gasteiger partial charge in [-0.05, 0) is 30.2 Å². The van der Waals surface area contributed by atoms with Crippen molar-refractivity contribution in [1.29, 1.82) is 0 Å². The molecular weight excluding hydrogens is 296 g/mol. The Morgan fingerprint density at radius 2 is 2.09 bits per heavy atom.